The molecule has 5 rings (SSSR count). The lowest BCUT2D eigenvalue weighted by molar-refractivity contribution is -0.137. The van der Waals surface area contributed by atoms with Gasteiger partial charge in [-0.15, -0.1) is 0 Å². The second-order valence-electron chi connectivity index (χ2n) is 6.96. The maximum atomic E-state index is 13.4. The Hall–Kier alpha value is -3.58. The number of hydrogen-bond acceptors (Lipinski definition) is 6. The van der Waals surface area contributed by atoms with Crippen LogP contribution in [-0.4, -0.2) is 33.3 Å². The van der Waals surface area contributed by atoms with Gasteiger partial charge in [-0.2, -0.15) is 22.6 Å². The number of halogens is 3. The first kappa shape index (κ1) is 21.3. The second kappa shape index (κ2) is 8.08. The number of nitrogens with one attached hydrogen (secondary N) is 2. The number of hydrogen-bond donors (Lipinski definition) is 2. The summed E-state index contributed by atoms with van der Waals surface area (Å²) in [5.41, 5.74) is 1.87. The van der Waals surface area contributed by atoms with Gasteiger partial charge in [-0.05, 0) is 35.9 Å². The highest BCUT2D eigenvalue weighted by atomic mass is 32.2. The maximum absolute atomic E-state index is 13.4. The van der Waals surface area contributed by atoms with Crippen LogP contribution >= 0.6 is 11.5 Å². The largest absolute Gasteiger partial charge is 0.416 e. The van der Waals surface area contributed by atoms with Crippen molar-refractivity contribution in [3.63, 3.8) is 0 Å². The standard InChI is InChI=1S/C20H14F3N7OS2/c1-30-16(6-7-26-30)14-8-11(20(21,22)23)2-3-12(14)15-9-24-18-13(15)4-5-17(28-18)33(31)29-19-25-10-27-32-19/h2-10H,1H3,(H,24,28)(H,25,27,29). The summed E-state index contributed by atoms with van der Waals surface area (Å²) in [6.45, 7) is 0. The topological polar surface area (TPSA) is 101 Å². The lowest BCUT2D eigenvalue weighted by atomic mass is 9.95. The van der Waals surface area contributed by atoms with Gasteiger partial charge in [0.25, 0.3) is 0 Å². The number of pyridine rings is 1. The van der Waals surface area contributed by atoms with Crippen molar-refractivity contribution >= 4 is 38.7 Å². The molecule has 1 atom stereocenters. The van der Waals surface area contributed by atoms with Gasteiger partial charge in [-0.1, -0.05) is 6.07 Å². The van der Waals surface area contributed by atoms with Gasteiger partial charge in [-0.25, -0.2) is 14.2 Å². The zero-order valence-electron chi connectivity index (χ0n) is 16.8. The molecule has 0 radical (unpaired) electrons. The van der Waals surface area contributed by atoms with Crippen LogP contribution < -0.4 is 4.72 Å². The smallest absolute Gasteiger partial charge is 0.345 e. The van der Waals surface area contributed by atoms with Crippen molar-refractivity contribution in [1.82, 2.24) is 29.1 Å². The van der Waals surface area contributed by atoms with E-state index in [4.69, 9.17) is 0 Å². The fraction of sp³-hybridized carbons (Fsp3) is 0.100. The number of aromatic nitrogens is 6. The van der Waals surface area contributed by atoms with E-state index >= 15 is 0 Å². The molecule has 4 aromatic heterocycles. The van der Waals surface area contributed by atoms with Crippen LogP contribution in [0.3, 0.4) is 0 Å². The molecule has 33 heavy (non-hydrogen) atoms. The predicted octanol–water partition coefficient (Wildman–Crippen LogP) is 4.64. The highest BCUT2D eigenvalue weighted by Crippen LogP contribution is 2.40. The molecule has 1 aromatic carbocycles. The summed E-state index contributed by atoms with van der Waals surface area (Å²) < 4.78 is 60.9. The van der Waals surface area contributed by atoms with E-state index in [1.54, 1.807) is 31.4 Å². The fourth-order valence-corrected chi connectivity index (χ4v) is 4.81. The molecule has 0 amide bonds. The van der Waals surface area contributed by atoms with E-state index in [2.05, 4.69) is 29.1 Å². The number of nitrogens with zero attached hydrogens (tertiary/aromatic N) is 5. The van der Waals surface area contributed by atoms with Crippen LogP contribution in [0.15, 0.2) is 60.1 Å². The Labute approximate surface area is 191 Å². The van der Waals surface area contributed by atoms with Gasteiger partial charge in [0.1, 0.15) is 12.0 Å². The quantitative estimate of drug-likeness (QED) is 0.375. The number of H-pyrrole nitrogens is 1. The maximum Gasteiger partial charge on any atom is 0.416 e. The Morgan fingerprint density at radius 3 is 2.67 bits per heavy atom. The molecule has 0 fully saturated rings. The van der Waals surface area contributed by atoms with E-state index in [1.807, 2.05) is 0 Å². The van der Waals surface area contributed by atoms with Crippen LogP contribution in [0.2, 0.25) is 0 Å². The van der Waals surface area contributed by atoms with E-state index in [0.717, 1.165) is 23.7 Å². The molecular weight excluding hydrogens is 475 g/mol. The Bertz CT molecular complexity index is 1470. The Morgan fingerprint density at radius 2 is 1.97 bits per heavy atom. The highest BCUT2D eigenvalue weighted by molar-refractivity contribution is 7.86. The van der Waals surface area contributed by atoms with E-state index in [9.17, 15) is 17.4 Å². The third-order valence-electron chi connectivity index (χ3n) is 4.98. The van der Waals surface area contributed by atoms with E-state index in [0.29, 0.717) is 38.5 Å². The van der Waals surface area contributed by atoms with Crippen LogP contribution in [0.4, 0.5) is 18.3 Å². The molecule has 0 saturated heterocycles. The molecule has 13 heteroatoms. The summed E-state index contributed by atoms with van der Waals surface area (Å²) in [5.74, 6) is 0. The van der Waals surface area contributed by atoms with Crippen molar-refractivity contribution in [2.45, 2.75) is 11.2 Å². The first-order valence-electron chi connectivity index (χ1n) is 9.44. The number of anilines is 1. The summed E-state index contributed by atoms with van der Waals surface area (Å²) in [5, 5.41) is 5.44. The van der Waals surface area contributed by atoms with Crippen molar-refractivity contribution in [3.8, 4) is 22.4 Å². The molecule has 1 unspecified atom stereocenters. The molecule has 8 nitrogen and oxygen atoms in total. The normalized spacial score (nSPS) is 12.8. The molecule has 0 spiro atoms. The second-order valence-corrected chi connectivity index (χ2v) is 8.90. The molecule has 0 aliphatic heterocycles. The van der Waals surface area contributed by atoms with E-state index in [1.165, 1.54) is 23.3 Å². The van der Waals surface area contributed by atoms with Gasteiger partial charge in [0.2, 0.25) is 5.13 Å². The third kappa shape index (κ3) is 4.00. The average Bonchev–Trinajstić information content (AvgIpc) is 3.53. The van der Waals surface area contributed by atoms with Crippen LogP contribution in [0, 0.1) is 0 Å². The van der Waals surface area contributed by atoms with E-state index in [-0.39, 0.29) is 5.03 Å². The molecule has 0 aliphatic carbocycles. The van der Waals surface area contributed by atoms with Gasteiger partial charge in [0, 0.05) is 47.5 Å². The van der Waals surface area contributed by atoms with Gasteiger partial charge in [0.15, 0.2) is 16.0 Å². The first-order chi connectivity index (χ1) is 15.8. The minimum atomic E-state index is -4.48. The van der Waals surface area contributed by atoms with Gasteiger partial charge in [-0.3, -0.25) is 9.40 Å². The molecule has 2 N–H and O–H groups in total. The van der Waals surface area contributed by atoms with Crippen molar-refractivity contribution in [3.05, 3.63) is 60.7 Å². The molecular formula is C20H14F3N7OS2. The number of aryl methyl sites for hydroxylation is 1. The third-order valence-corrected chi connectivity index (χ3v) is 6.67. The SMILES string of the molecule is Cn1nccc1-c1cc(C(F)(F)F)ccc1-c1c[nH]c2nc(S(=O)Nc3ncns3)ccc12. The minimum Gasteiger partial charge on any atom is -0.345 e. The zero-order chi connectivity index (χ0) is 23.2. The van der Waals surface area contributed by atoms with Crippen molar-refractivity contribution in [1.29, 1.82) is 0 Å². The Kier molecular flexibility index (Phi) is 5.21. The monoisotopic (exact) mass is 489 g/mol. The molecule has 4 heterocycles. The molecule has 0 bridgehead atoms. The lowest BCUT2D eigenvalue weighted by Gasteiger charge is -2.14. The van der Waals surface area contributed by atoms with Crippen molar-refractivity contribution in [2.24, 2.45) is 7.05 Å². The van der Waals surface area contributed by atoms with Gasteiger partial charge >= 0.3 is 6.18 Å². The summed E-state index contributed by atoms with van der Waals surface area (Å²) >= 11 is 1.07. The molecule has 5 aromatic rings. The highest BCUT2D eigenvalue weighted by Gasteiger charge is 2.31. The molecule has 0 aliphatic rings. The average molecular weight is 490 g/mol. The minimum absolute atomic E-state index is 0.269. The number of benzene rings is 1. The fourth-order valence-electron chi connectivity index (χ4n) is 3.47. The van der Waals surface area contributed by atoms with E-state index < -0.39 is 22.7 Å². The Morgan fingerprint density at radius 1 is 1.12 bits per heavy atom. The zero-order valence-corrected chi connectivity index (χ0v) is 18.4. The van der Waals surface area contributed by atoms with Crippen LogP contribution in [0.5, 0.6) is 0 Å². The van der Waals surface area contributed by atoms with Crippen molar-refractivity contribution in [2.75, 3.05) is 4.72 Å². The summed E-state index contributed by atoms with van der Waals surface area (Å²) in [7, 11) is 0.0107. The number of alkyl halides is 3. The van der Waals surface area contributed by atoms with Crippen LogP contribution in [0.25, 0.3) is 33.4 Å². The Balaban J connectivity index is 1.59. The number of rotatable bonds is 5. The molecule has 168 valence electrons. The first-order valence-corrected chi connectivity index (χ1v) is 11.4. The van der Waals surface area contributed by atoms with Crippen molar-refractivity contribution < 1.29 is 17.4 Å². The van der Waals surface area contributed by atoms with Gasteiger partial charge < -0.3 is 4.98 Å². The van der Waals surface area contributed by atoms with Gasteiger partial charge in [0.05, 0.1) is 11.3 Å². The summed E-state index contributed by atoms with van der Waals surface area (Å²) in [6.07, 6.45) is 0.0717. The van der Waals surface area contributed by atoms with Crippen LogP contribution in [0.1, 0.15) is 5.56 Å². The van der Waals surface area contributed by atoms with Crippen LogP contribution in [-0.2, 0) is 24.2 Å². The summed E-state index contributed by atoms with van der Waals surface area (Å²) in [4.78, 5) is 11.4. The predicted molar refractivity (Wildman–Crippen MR) is 119 cm³/mol. The number of aromatic amines is 1. The molecule has 0 saturated carbocycles. The number of fused-ring (bicyclic) bond motifs is 1. The summed E-state index contributed by atoms with van der Waals surface area (Å²) in [6, 6.07) is 8.60. The lowest BCUT2D eigenvalue weighted by Crippen LogP contribution is -2.06.